The van der Waals surface area contributed by atoms with Crippen LogP contribution in [0.2, 0.25) is 10.0 Å². The molecule has 0 saturated heterocycles. The van der Waals surface area contributed by atoms with E-state index < -0.39 is 0 Å². The van der Waals surface area contributed by atoms with Gasteiger partial charge >= 0.3 is 6.01 Å². The first-order valence-electron chi connectivity index (χ1n) is 6.82. The highest BCUT2D eigenvalue weighted by Crippen LogP contribution is 2.30. The minimum Gasteiger partial charge on any atom is -0.403 e. The monoisotopic (exact) mass is 379 g/mol. The number of hydrogen-bond acceptors (Lipinski definition) is 5. The zero-order valence-corrected chi connectivity index (χ0v) is 14.7. The SMILES string of the molecule is CSc1ccccc1C(=O)Nc1nnc(-c2ccc(Cl)cc2Cl)o1. The van der Waals surface area contributed by atoms with Crippen molar-refractivity contribution in [1.82, 2.24) is 10.2 Å². The lowest BCUT2D eigenvalue weighted by Gasteiger charge is -2.05. The van der Waals surface area contributed by atoms with Crippen LogP contribution in [-0.2, 0) is 0 Å². The van der Waals surface area contributed by atoms with Crippen molar-refractivity contribution in [1.29, 1.82) is 0 Å². The van der Waals surface area contributed by atoms with Crippen LogP contribution in [0, 0.1) is 0 Å². The highest BCUT2D eigenvalue weighted by atomic mass is 35.5. The highest BCUT2D eigenvalue weighted by Gasteiger charge is 2.16. The van der Waals surface area contributed by atoms with E-state index in [9.17, 15) is 4.79 Å². The Hall–Kier alpha value is -2.02. The molecule has 0 radical (unpaired) electrons. The van der Waals surface area contributed by atoms with Gasteiger partial charge < -0.3 is 4.42 Å². The first kappa shape index (κ1) is 16.8. The highest BCUT2D eigenvalue weighted by molar-refractivity contribution is 7.98. The van der Waals surface area contributed by atoms with Crippen molar-refractivity contribution in [3.05, 3.63) is 58.1 Å². The number of amides is 1. The molecule has 0 atom stereocenters. The number of rotatable bonds is 4. The summed E-state index contributed by atoms with van der Waals surface area (Å²) < 4.78 is 5.47. The van der Waals surface area contributed by atoms with E-state index in [1.807, 2.05) is 18.4 Å². The van der Waals surface area contributed by atoms with Crippen molar-refractivity contribution >= 4 is 46.9 Å². The lowest BCUT2D eigenvalue weighted by atomic mass is 10.2. The van der Waals surface area contributed by atoms with E-state index in [-0.39, 0.29) is 17.8 Å². The van der Waals surface area contributed by atoms with Gasteiger partial charge in [-0.3, -0.25) is 10.1 Å². The molecule has 0 unspecified atom stereocenters. The maximum absolute atomic E-state index is 12.4. The molecule has 8 heteroatoms. The summed E-state index contributed by atoms with van der Waals surface area (Å²) >= 11 is 13.5. The Balaban J connectivity index is 1.82. The van der Waals surface area contributed by atoms with Crippen molar-refractivity contribution in [3.8, 4) is 11.5 Å². The molecular weight excluding hydrogens is 369 g/mol. The van der Waals surface area contributed by atoms with Crippen LogP contribution in [0.1, 0.15) is 10.4 Å². The smallest absolute Gasteiger partial charge is 0.322 e. The van der Waals surface area contributed by atoms with Crippen molar-refractivity contribution in [2.45, 2.75) is 4.90 Å². The average Bonchev–Trinajstić information content (AvgIpc) is 3.02. The number of carbonyl (C=O) groups excluding carboxylic acids is 1. The Morgan fingerprint density at radius 1 is 1.17 bits per heavy atom. The van der Waals surface area contributed by atoms with E-state index in [2.05, 4.69) is 15.5 Å². The van der Waals surface area contributed by atoms with Gasteiger partial charge in [-0.25, -0.2) is 0 Å². The topological polar surface area (TPSA) is 68.0 Å². The van der Waals surface area contributed by atoms with E-state index >= 15 is 0 Å². The molecule has 0 aliphatic carbocycles. The number of nitrogens with zero attached hydrogens (tertiary/aromatic N) is 2. The van der Waals surface area contributed by atoms with Crippen molar-refractivity contribution in [3.63, 3.8) is 0 Å². The fourth-order valence-electron chi connectivity index (χ4n) is 2.04. The summed E-state index contributed by atoms with van der Waals surface area (Å²) in [4.78, 5) is 13.2. The number of thioether (sulfide) groups is 1. The zero-order valence-electron chi connectivity index (χ0n) is 12.4. The Bertz CT molecular complexity index is 899. The van der Waals surface area contributed by atoms with Gasteiger partial charge in [0.25, 0.3) is 11.8 Å². The summed E-state index contributed by atoms with van der Waals surface area (Å²) in [5.74, 6) is -0.123. The van der Waals surface area contributed by atoms with Crippen LogP contribution in [0.4, 0.5) is 6.01 Å². The van der Waals surface area contributed by atoms with Gasteiger partial charge in [0.1, 0.15) is 0 Å². The minimum atomic E-state index is -0.322. The molecular formula is C16H11Cl2N3O2S. The maximum Gasteiger partial charge on any atom is 0.322 e. The molecule has 0 aliphatic heterocycles. The van der Waals surface area contributed by atoms with Gasteiger partial charge in [-0.1, -0.05) is 40.4 Å². The number of aromatic nitrogens is 2. The van der Waals surface area contributed by atoms with Gasteiger partial charge in [-0.05, 0) is 36.6 Å². The number of carbonyl (C=O) groups is 1. The van der Waals surface area contributed by atoms with Crippen LogP contribution in [0.5, 0.6) is 0 Å². The van der Waals surface area contributed by atoms with Crippen LogP contribution in [0.25, 0.3) is 11.5 Å². The standard InChI is InChI=1S/C16H11Cl2N3O2S/c1-24-13-5-3-2-4-11(13)14(22)19-16-21-20-15(23-16)10-7-6-9(17)8-12(10)18/h2-8H,1H3,(H,19,21,22). The van der Waals surface area contributed by atoms with Gasteiger partial charge in [0.15, 0.2) is 0 Å². The quantitative estimate of drug-likeness (QED) is 0.644. The zero-order chi connectivity index (χ0) is 17.1. The lowest BCUT2D eigenvalue weighted by molar-refractivity contribution is 0.102. The van der Waals surface area contributed by atoms with E-state index in [1.165, 1.54) is 11.8 Å². The molecule has 0 bridgehead atoms. The molecule has 0 spiro atoms. The Kier molecular flexibility index (Phi) is 5.08. The fourth-order valence-corrected chi connectivity index (χ4v) is 3.13. The molecule has 122 valence electrons. The molecule has 24 heavy (non-hydrogen) atoms. The minimum absolute atomic E-state index is 0.00285. The Morgan fingerprint density at radius 3 is 2.71 bits per heavy atom. The van der Waals surface area contributed by atoms with Crippen LogP contribution < -0.4 is 5.32 Å². The van der Waals surface area contributed by atoms with Crippen molar-refractivity contribution < 1.29 is 9.21 Å². The second-order valence-electron chi connectivity index (χ2n) is 4.69. The van der Waals surface area contributed by atoms with Crippen molar-refractivity contribution in [2.24, 2.45) is 0 Å². The molecule has 0 fully saturated rings. The average molecular weight is 380 g/mol. The third-order valence-corrected chi connectivity index (χ3v) is 4.50. The largest absolute Gasteiger partial charge is 0.403 e. The summed E-state index contributed by atoms with van der Waals surface area (Å²) in [7, 11) is 0. The summed E-state index contributed by atoms with van der Waals surface area (Å²) in [6, 6.07) is 12.2. The molecule has 5 nitrogen and oxygen atoms in total. The van der Waals surface area contributed by atoms with Gasteiger partial charge in [-0.2, -0.15) is 0 Å². The molecule has 3 rings (SSSR count). The fraction of sp³-hybridized carbons (Fsp3) is 0.0625. The predicted molar refractivity (Wildman–Crippen MR) is 95.9 cm³/mol. The first-order chi connectivity index (χ1) is 11.6. The second-order valence-corrected chi connectivity index (χ2v) is 6.38. The number of hydrogen-bond donors (Lipinski definition) is 1. The molecule has 3 aromatic rings. The molecule has 2 aromatic carbocycles. The van der Waals surface area contributed by atoms with Crippen LogP contribution >= 0.6 is 35.0 Å². The summed E-state index contributed by atoms with van der Waals surface area (Å²) in [6.45, 7) is 0. The normalized spacial score (nSPS) is 10.6. The number of halogens is 2. The van der Waals surface area contributed by atoms with Gasteiger partial charge in [-0.15, -0.1) is 16.9 Å². The lowest BCUT2D eigenvalue weighted by Crippen LogP contribution is -2.13. The third-order valence-electron chi connectivity index (χ3n) is 3.16. The van der Waals surface area contributed by atoms with E-state index in [0.29, 0.717) is 21.2 Å². The molecule has 1 amide bonds. The summed E-state index contributed by atoms with van der Waals surface area (Å²) in [5.41, 5.74) is 1.08. The van der Waals surface area contributed by atoms with E-state index in [1.54, 1.807) is 30.3 Å². The second kappa shape index (κ2) is 7.25. The number of nitrogens with one attached hydrogen (secondary N) is 1. The first-order valence-corrected chi connectivity index (χ1v) is 8.80. The molecule has 1 aromatic heterocycles. The van der Waals surface area contributed by atoms with Gasteiger partial charge in [0, 0.05) is 9.92 Å². The van der Waals surface area contributed by atoms with Crippen LogP contribution in [0.3, 0.4) is 0 Å². The summed E-state index contributed by atoms with van der Waals surface area (Å²) in [5, 5.41) is 11.2. The van der Waals surface area contributed by atoms with Crippen molar-refractivity contribution in [2.75, 3.05) is 11.6 Å². The van der Waals surface area contributed by atoms with Gasteiger partial charge in [0.2, 0.25) is 0 Å². The predicted octanol–water partition coefficient (Wildman–Crippen LogP) is 5.02. The van der Waals surface area contributed by atoms with Gasteiger partial charge in [0.05, 0.1) is 16.1 Å². The Labute approximate surface area is 152 Å². The molecule has 1 N–H and O–H groups in total. The van der Waals surface area contributed by atoms with Crippen LogP contribution in [-0.4, -0.2) is 22.4 Å². The van der Waals surface area contributed by atoms with E-state index in [4.69, 9.17) is 27.6 Å². The van der Waals surface area contributed by atoms with Crippen LogP contribution in [0.15, 0.2) is 51.8 Å². The van der Waals surface area contributed by atoms with E-state index in [0.717, 1.165) is 4.90 Å². The maximum atomic E-state index is 12.4. The molecule has 0 saturated carbocycles. The molecule has 0 aliphatic rings. The summed E-state index contributed by atoms with van der Waals surface area (Å²) in [6.07, 6.45) is 1.90. The third kappa shape index (κ3) is 3.56. The Morgan fingerprint density at radius 2 is 1.96 bits per heavy atom. The molecule has 1 heterocycles. The number of benzene rings is 2. The number of anilines is 1.